The Morgan fingerprint density at radius 1 is 1.41 bits per heavy atom. The van der Waals surface area contributed by atoms with Crippen molar-refractivity contribution in [2.24, 2.45) is 5.92 Å². The van der Waals surface area contributed by atoms with Crippen LogP contribution in [-0.2, 0) is 4.79 Å². The summed E-state index contributed by atoms with van der Waals surface area (Å²) in [5.74, 6) is 1.01. The average molecular weight is 238 g/mol. The zero-order chi connectivity index (χ0) is 12.5. The molecular formula is C14H26N2O. The van der Waals surface area contributed by atoms with E-state index >= 15 is 0 Å². The van der Waals surface area contributed by atoms with Gasteiger partial charge in [0, 0.05) is 6.54 Å². The minimum atomic E-state index is -0.186. The molecule has 1 saturated carbocycles. The molecule has 3 nitrogen and oxygen atoms in total. The van der Waals surface area contributed by atoms with Gasteiger partial charge in [0.15, 0.2) is 0 Å². The predicted octanol–water partition coefficient (Wildman–Crippen LogP) is 2.51. The minimum Gasteiger partial charge on any atom is -0.326 e. The Bertz CT molecular complexity index is 282. The van der Waals surface area contributed by atoms with E-state index in [0.29, 0.717) is 11.8 Å². The van der Waals surface area contributed by atoms with Crippen LogP contribution >= 0.6 is 0 Å². The summed E-state index contributed by atoms with van der Waals surface area (Å²) in [6.07, 6.45) is 6.90. The van der Waals surface area contributed by atoms with Gasteiger partial charge in [0.1, 0.15) is 0 Å². The lowest BCUT2D eigenvalue weighted by atomic mass is 9.98. The Morgan fingerprint density at radius 3 is 2.59 bits per heavy atom. The zero-order valence-corrected chi connectivity index (χ0v) is 11.5. The maximum absolute atomic E-state index is 12.6. The van der Waals surface area contributed by atoms with Gasteiger partial charge in [0.25, 0.3) is 0 Å². The Balaban J connectivity index is 2.13. The molecule has 98 valence electrons. The molecule has 17 heavy (non-hydrogen) atoms. The molecule has 0 aromatic carbocycles. The highest BCUT2D eigenvalue weighted by Crippen LogP contribution is 2.37. The fourth-order valence-electron chi connectivity index (χ4n) is 3.34. The summed E-state index contributed by atoms with van der Waals surface area (Å²) in [7, 11) is 0. The standard InChI is InChI=1S/C14H26N2O/c1-4-9-16-12(10-11(2)3)15-14(13(16)17)7-5-6-8-14/h11-12,15H,4-10H2,1-3H3. The molecule has 1 aliphatic carbocycles. The van der Waals surface area contributed by atoms with E-state index < -0.39 is 0 Å². The maximum Gasteiger partial charge on any atom is 0.244 e. The molecule has 1 atom stereocenters. The average Bonchev–Trinajstić information content (AvgIpc) is 2.81. The molecule has 1 unspecified atom stereocenters. The molecule has 1 N–H and O–H groups in total. The number of hydrogen-bond acceptors (Lipinski definition) is 2. The number of hydrogen-bond donors (Lipinski definition) is 1. The SMILES string of the molecule is CCCN1C(=O)C2(CCCC2)NC1CC(C)C. The Hall–Kier alpha value is -0.570. The summed E-state index contributed by atoms with van der Waals surface area (Å²) < 4.78 is 0. The van der Waals surface area contributed by atoms with E-state index in [1.54, 1.807) is 0 Å². The third kappa shape index (κ3) is 2.35. The van der Waals surface area contributed by atoms with E-state index in [1.807, 2.05) is 0 Å². The number of rotatable bonds is 4. The number of carbonyl (C=O) groups excluding carboxylic acids is 1. The molecule has 0 aromatic rings. The predicted molar refractivity (Wildman–Crippen MR) is 69.6 cm³/mol. The number of carbonyl (C=O) groups is 1. The smallest absolute Gasteiger partial charge is 0.244 e. The molecule has 3 heteroatoms. The van der Waals surface area contributed by atoms with Crippen LogP contribution in [0, 0.1) is 5.92 Å². The molecule has 2 rings (SSSR count). The van der Waals surface area contributed by atoms with Gasteiger partial charge in [0.05, 0.1) is 11.7 Å². The molecule has 0 bridgehead atoms. The molecule has 2 aliphatic rings. The van der Waals surface area contributed by atoms with Crippen LogP contribution in [0.3, 0.4) is 0 Å². The first-order valence-electron chi connectivity index (χ1n) is 7.18. The van der Waals surface area contributed by atoms with E-state index in [2.05, 4.69) is 31.0 Å². The lowest BCUT2D eigenvalue weighted by molar-refractivity contribution is -0.133. The number of amides is 1. The largest absolute Gasteiger partial charge is 0.326 e. The Morgan fingerprint density at radius 2 is 2.06 bits per heavy atom. The van der Waals surface area contributed by atoms with Gasteiger partial charge in [-0.25, -0.2) is 0 Å². The molecule has 1 aliphatic heterocycles. The molecule has 1 spiro atoms. The summed E-state index contributed by atoms with van der Waals surface area (Å²) in [5, 5.41) is 3.66. The van der Waals surface area contributed by atoms with Crippen LogP contribution in [-0.4, -0.2) is 29.1 Å². The fourth-order valence-corrected chi connectivity index (χ4v) is 3.34. The lowest BCUT2D eigenvalue weighted by Crippen LogP contribution is -2.44. The van der Waals surface area contributed by atoms with Gasteiger partial charge < -0.3 is 4.90 Å². The van der Waals surface area contributed by atoms with Gasteiger partial charge in [0.2, 0.25) is 5.91 Å². The van der Waals surface area contributed by atoms with Crippen molar-refractivity contribution in [3.63, 3.8) is 0 Å². The van der Waals surface area contributed by atoms with Gasteiger partial charge in [-0.1, -0.05) is 33.6 Å². The Labute approximate surface area is 105 Å². The molecule has 1 heterocycles. The van der Waals surface area contributed by atoms with Gasteiger partial charge >= 0.3 is 0 Å². The van der Waals surface area contributed by atoms with Crippen molar-refractivity contribution in [3.8, 4) is 0 Å². The monoisotopic (exact) mass is 238 g/mol. The van der Waals surface area contributed by atoms with Crippen LogP contribution in [0.15, 0.2) is 0 Å². The van der Waals surface area contributed by atoms with Crippen molar-refractivity contribution in [3.05, 3.63) is 0 Å². The second-order valence-electron chi connectivity index (χ2n) is 6.08. The third-order valence-corrected chi connectivity index (χ3v) is 4.11. The van der Waals surface area contributed by atoms with Crippen LogP contribution in [0.4, 0.5) is 0 Å². The van der Waals surface area contributed by atoms with E-state index in [4.69, 9.17) is 0 Å². The van der Waals surface area contributed by atoms with E-state index in [9.17, 15) is 4.79 Å². The van der Waals surface area contributed by atoms with Crippen LogP contribution in [0.1, 0.15) is 59.3 Å². The summed E-state index contributed by atoms with van der Waals surface area (Å²) in [5.41, 5.74) is -0.186. The Kier molecular flexibility index (Phi) is 3.76. The van der Waals surface area contributed by atoms with Gasteiger partial charge in [-0.2, -0.15) is 0 Å². The van der Waals surface area contributed by atoms with Crippen molar-refractivity contribution in [1.82, 2.24) is 10.2 Å². The number of nitrogens with one attached hydrogen (secondary N) is 1. The first-order valence-corrected chi connectivity index (χ1v) is 7.18. The van der Waals surface area contributed by atoms with Crippen molar-refractivity contribution >= 4 is 5.91 Å². The summed E-state index contributed by atoms with van der Waals surface area (Å²) in [6, 6.07) is 0. The van der Waals surface area contributed by atoms with Gasteiger partial charge in [-0.3, -0.25) is 10.1 Å². The summed E-state index contributed by atoms with van der Waals surface area (Å²) in [6.45, 7) is 7.52. The van der Waals surface area contributed by atoms with Gasteiger partial charge in [-0.15, -0.1) is 0 Å². The van der Waals surface area contributed by atoms with Crippen molar-refractivity contribution < 1.29 is 4.79 Å². The minimum absolute atomic E-state index is 0.186. The molecule has 0 aromatic heterocycles. The van der Waals surface area contributed by atoms with Crippen LogP contribution in [0.2, 0.25) is 0 Å². The quantitative estimate of drug-likeness (QED) is 0.816. The normalized spacial score (nSPS) is 27.6. The molecule has 1 saturated heterocycles. The fraction of sp³-hybridized carbons (Fsp3) is 0.929. The molecule has 2 fully saturated rings. The number of nitrogens with zero attached hydrogens (tertiary/aromatic N) is 1. The van der Waals surface area contributed by atoms with Crippen LogP contribution in [0.5, 0.6) is 0 Å². The molecular weight excluding hydrogens is 212 g/mol. The van der Waals surface area contributed by atoms with Crippen molar-refractivity contribution in [2.75, 3.05) is 6.54 Å². The first-order chi connectivity index (χ1) is 8.09. The van der Waals surface area contributed by atoms with E-state index in [-0.39, 0.29) is 11.7 Å². The highest BCUT2D eigenvalue weighted by molar-refractivity contribution is 5.89. The third-order valence-electron chi connectivity index (χ3n) is 4.11. The summed E-state index contributed by atoms with van der Waals surface area (Å²) in [4.78, 5) is 14.7. The second kappa shape index (κ2) is 4.97. The molecule has 0 radical (unpaired) electrons. The molecule has 1 amide bonds. The zero-order valence-electron chi connectivity index (χ0n) is 11.5. The highest BCUT2D eigenvalue weighted by atomic mass is 16.2. The highest BCUT2D eigenvalue weighted by Gasteiger charge is 2.51. The van der Waals surface area contributed by atoms with E-state index in [0.717, 1.165) is 32.2 Å². The van der Waals surface area contributed by atoms with E-state index in [1.165, 1.54) is 12.8 Å². The summed E-state index contributed by atoms with van der Waals surface area (Å²) >= 11 is 0. The topological polar surface area (TPSA) is 32.3 Å². The first kappa shape index (κ1) is 12.9. The second-order valence-corrected chi connectivity index (χ2v) is 6.08. The van der Waals surface area contributed by atoms with Crippen molar-refractivity contribution in [1.29, 1.82) is 0 Å². The van der Waals surface area contributed by atoms with Crippen LogP contribution in [0.25, 0.3) is 0 Å². The van der Waals surface area contributed by atoms with Crippen LogP contribution < -0.4 is 5.32 Å². The lowest BCUT2D eigenvalue weighted by Gasteiger charge is -2.24. The maximum atomic E-state index is 12.6. The van der Waals surface area contributed by atoms with Gasteiger partial charge in [-0.05, 0) is 31.6 Å². The van der Waals surface area contributed by atoms with Crippen molar-refractivity contribution in [2.45, 2.75) is 71.0 Å².